The van der Waals surface area contributed by atoms with Crippen LogP contribution in [0.5, 0.6) is 0 Å². The summed E-state index contributed by atoms with van der Waals surface area (Å²) in [7, 11) is 0. The molecule has 0 amide bonds. The minimum Gasteiger partial charge on any atom is -0.390 e. The third kappa shape index (κ3) is 3.17. The maximum Gasteiger partial charge on any atom is 0.534 e. The second-order valence-electron chi connectivity index (χ2n) is 3.51. The normalized spacial score (nSPS) is 10.4. The van der Waals surface area contributed by atoms with Crippen molar-refractivity contribution in [1.29, 1.82) is 0 Å². The maximum atomic E-state index is 10.9. The molecule has 2 rings (SSSR count). The molecule has 0 fully saturated rings. The minimum absolute atomic E-state index is 0.459. The lowest BCUT2D eigenvalue weighted by molar-refractivity contribution is -0.868. The highest BCUT2D eigenvalue weighted by Crippen LogP contribution is 1.99. The van der Waals surface area contributed by atoms with Gasteiger partial charge in [-0.15, -0.1) is 0 Å². The van der Waals surface area contributed by atoms with Crippen molar-refractivity contribution in [3.05, 3.63) is 30.3 Å². The molecular formula is C4H5N12O6+. The zero-order valence-corrected chi connectivity index (χ0v) is 10.3. The van der Waals surface area contributed by atoms with Gasteiger partial charge in [0.1, 0.15) is 5.10 Å². The van der Waals surface area contributed by atoms with E-state index in [1.807, 2.05) is 0 Å². The van der Waals surface area contributed by atoms with Gasteiger partial charge in [-0.05, 0) is 15.1 Å². The first-order chi connectivity index (χ1) is 10.4. The van der Waals surface area contributed by atoms with Crippen molar-refractivity contribution in [2.45, 2.75) is 13.3 Å². The van der Waals surface area contributed by atoms with Gasteiger partial charge in [-0.25, -0.2) is 10.1 Å². The van der Waals surface area contributed by atoms with Crippen molar-refractivity contribution in [2.75, 3.05) is 0 Å². The lowest BCUT2D eigenvalue weighted by Crippen LogP contribution is -2.50. The molecule has 0 aliphatic heterocycles. The summed E-state index contributed by atoms with van der Waals surface area (Å²) in [6, 6.07) is 0. The summed E-state index contributed by atoms with van der Waals surface area (Å²) in [5.74, 6) is -1.61. The molecule has 0 aliphatic rings. The molecule has 2 aromatic rings. The molecule has 1 N–H and O–H groups in total. The summed E-state index contributed by atoms with van der Waals surface area (Å²) >= 11 is 0. The van der Waals surface area contributed by atoms with Gasteiger partial charge in [0.15, 0.2) is 5.03 Å². The molecule has 18 heteroatoms. The summed E-state index contributed by atoms with van der Waals surface area (Å²) in [4.78, 5) is 31.2. The highest BCUT2D eigenvalue weighted by Gasteiger charge is 2.27. The predicted molar refractivity (Wildman–Crippen MR) is 56.5 cm³/mol. The molecule has 0 radical (unpaired) electrons. The van der Waals surface area contributed by atoms with Crippen LogP contribution < -0.4 is 4.80 Å². The van der Waals surface area contributed by atoms with Crippen molar-refractivity contribution in [3.8, 4) is 0 Å². The highest BCUT2D eigenvalue weighted by atomic mass is 16.7. The molecule has 2 aromatic heterocycles. The molecule has 18 nitrogen and oxygen atoms in total. The molecule has 22 heavy (non-hydrogen) atoms. The van der Waals surface area contributed by atoms with Crippen LogP contribution in [-0.4, -0.2) is 55.5 Å². The molecule has 0 saturated heterocycles. The van der Waals surface area contributed by atoms with E-state index in [9.17, 15) is 30.3 Å². The molecule has 0 spiro atoms. The van der Waals surface area contributed by atoms with Gasteiger partial charge in [0.05, 0.1) is 15.3 Å². The average Bonchev–Trinajstić information content (AvgIpc) is 3.06. The molecule has 0 bridgehead atoms. The van der Waals surface area contributed by atoms with E-state index in [-0.39, 0.29) is 0 Å². The number of hydrogen-bond donors (Lipinski definition) is 1. The monoisotopic (exact) mass is 317 g/mol. The van der Waals surface area contributed by atoms with Crippen molar-refractivity contribution >= 4 is 11.9 Å². The van der Waals surface area contributed by atoms with Crippen molar-refractivity contribution < 1.29 is 19.7 Å². The Hall–Kier alpha value is -3.86. The Labute approximate surface area is 117 Å². The van der Waals surface area contributed by atoms with Gasteiger partial charge < -0.3 is 20.2 Å². The van der Waals surface area contributed by atoms with Crippen LogP contribution in [0, 0.1) is 30.3 Å². The predicted octanol–water partition coefficient (Wildman–Crippen LogP) is -3.00. The molecule has 0 aromatic carbocycles. The number of aromatic nitrogens is 8. The van der Waals surface area contributed by atoms with Crippen LogP contribution in [0.3, 0.4) is 0 Å². The van der Waals surface area contributed by atoms with Crippen LogP contribution >= 0.6 is 0 Å². The van der Waals surface area contributed by atoms with E-state index in [2.05, 4.69) is 30.8 Å². The molecular weight excluding hydrogens is 312 g/mol. The van der Waals surface area contributed by atoms with E-state index >= 15 is 0 Å². The van der Waals surface area contributed by atoms with E-state index in [1.54, 1.807) is 0 Å². The summed E-state index contributed by atoms with van der Waals surface area (Å²) in [5.41, 5.74) is 0. The van der Waals surface area contributed by atoms with Gasteiger partial charge in [-0.1, -0.05) is 9.81 Å². The zero-order chi connectivity index (χ0) is 16.3. The smallest absolute Gasteiger partial charge is 0.390 e. The highest BCUT2D eigenvalue weighted by molar-refractivity contribution is 4.92. The number of H-pyrrole nitrogens is 1. The first kappa shape index (κ1) is 14.5. The van der Waals surface area contributed by atoms with Gasteiger partial charge >= 0.3 is 11.9 Å². The van der Waals surface area contributed by atoms with Crippen LogP contribution in [0.2, 0.25) is 0 Å². The van der Waals surface area contributed by atoms with Gasteiger partial charge in [0, 0.05) is 10.0 Å². The number of nitro groups is 3. The van der Waals surface area contributed by atoms with Crippen molar-refractivity contribution in [1.82, 2.24) is 40.6 Å². The second-order valence-corrected chi connectivity index (χ2v) is 3.51. The Morgan fingerprint density at radius 2 is 1.86 bits per heavy atom. The van der Waals surface area contributed by atoms with Crippen LogP contribution in [-0.2, 0) is 13.3 Å². The third-order valence-electron chi connectivity index (χ3n) is 2.06. The summed E-state index contributed by atoms with van der Waals surface area (Å²) < 4.78 is 0. The van der Waals surface area contributed by atoms with Crippen LogP contribution in [0.1, 0.15) is 0 Å². The average molecular weight is 317 g/mol. The Kier molecular flexibility index (Phi) is 3.73. The topological polar surface area (TPSA) is 222 Å². The van der Waals surface area contributed by atoms with Gasteiger partial charge in [0.25, 0.3) is 6.67 Å². The Morgan fingerprint density at radius 3 is 2.36 bits per heavy atom. The maximum absolute atomic E-state index is 10.9. The zero-order valence-electron chi connectivity index (χ0n) is 10.3. The standard InChI is InChI=1S/C4H4N12O6/c17-14(18)3-5-9-12(7-3)1-11(16(21)22)2-13-8-4(6-10-13)15(19)20/h1-2H2/p+1. The van der Waals surface area contributed by atoms with E-state index in [4.69, 9.17) is 0 Å². The summed E-state index contributed by atoms with van der Waals surface area (Å²) in [6.07, 6.45) is 0. The first-order valence-corrected chi connectivity index (χ1v) is 5.15. The lowest BCUT2D eigenvalue weighted by atomic mass is 10.9. The number of rotatable bonds is 7. The van der Waals surface area contributed by atoms with Crippen LogP contribution in [0.25, 0.3) is 0 Å². The fourth-order valence-corrected chi connectivity index (χ4v) is 1.21. The number of aromatic amines is 1. The fraction of sp³-hybridized carbons (Fsp3) is 0.500. The number of tetrazole rings is 2. The molecule has 0 saturated carbocycles. The van der Waals surface area contributed by atoms with Crippen LogP contribution in [0.15, 0.2) is 0 Å². The number of hydrazine groups is 1. The van der Waals surface area contributed by atoms with E-state index < -0.39 is 40.1 Å². The number of nitrogens with zero attached hydrogens (tertiary/aromatic N) is 11. The largest absolute Gasteiger partial charge is 0.534 e. The Balaban J connectivity index is 2.10. The fourth-order valence-electron chi connectivity index (χ4n) is 1.21. The molecule has 116 valence electrons. The van der Waals surface area contributed by atoms with Gasteiger partial charge in [-0.2, -0.15) is 0 Å². The molecule has 0 unspecified atom stereocenters. The van der Waals surface area contributed by atoms with E-state index in [0.29, 0.717) is 14.6 Å². The first-order valence-electron chi connectivity index (χ1n) is 5.15. The molecule has 0 aliphatic carbocycles. The number of hydrogen-bond acceptors (Lipinski definition) is 11. The third-order valence-corrected chi connectivity index (χ3v) is 2.06. The summed E-state index contributed by atoms with van der Waals surface area (Å²) in [5, 5.41) is 49.5. The quantitative estimate of drug-likeness (QED) is 0.306. The SMILES string of the molecule is O=[N+]([O-])c1nnn(CN(C[n+]2nc([N+](=O)[O-])n[nH]2)[N+](=O)[O-])n1. The van der Waals surface area contributed by atoms with Crippen molar-refractivity contribution in [2.24, 2.45) is 0 Å². The molecule has 2 heterocycles. The molecule has 0 atom stereocenters. The number of nitrogens with one attached hydrogen (secondary N) is 1. The van der Waals surface area contributed by atoms with E-state index in [1.165, 1.54) is 0 Å². The van der Waals surface area contributed by atoms with Gasteiger partial charge in [-0.3, -0.25) is 0 Å². The summed E-state index contributed by atoms with van der Waals surface area (Å²) in [6.45, 7) is -1.20. The van der Waals surface area contributed by atoms with Crippen molar-refractivity contribution in [3.63, 3.8) is 0 Å². The Bertz CT molecular complexity index is 665. The van der Waals surface area contributed by atoms with Crippen LogP contribution in [0.4, 0.5) is 11.9 Å². The van der Waals surface area contributed by atoms with E-state index in [0.717, 1.165) is 0 Å². The lowest BCUT2D eigenvalue weighted by Gasteiger charge is -2.06. The van der Waals surface area contributed by atoms with Gasteiger partial charge in [0.2, 0.25) is 6.67 Å². The minimum atomic E-state index is -0.922. The second kappa shape index (κ2) is 5.64. The Morgan fingerprint density at radius 1 is 1.18 bits per heavy atom.